The van der Waals surface area contributed by atoms with Gasteiger partial charge in [0.15, 0.2) is 0 Å². The topological polar surface area (TPSA) is 105 Å². The van der Waals surface area contributed by atoms with E-state index in [2.05, 4.69) is 47.2 Å². The molecule has 3 fully saturated rings. The number of carbonyl (C=O) groups is 1. The monoisotopic (exact) mass is 461 g/mol. The SMILES string of the molecule is O=C(Nc1ccc(OC(F)F)nc1)C1NNC2CCC(c3cnn(C4CCNCC4)c3)CC21. The first-order chi connectivity index (χ1) is 16.1. The second kappa shape index (κ2) is 9.70. The van der Waals surface area contributed by atoms with E-state index >= 15 is 0 Å². The molecule has 5 rings (SSSR count). The van der Waals surface area contributed by atoms with Gasteiger partial charge in [0.2, 0.25) is 11.8 Å². The van der Waals surface area contributed by atoms with Crippen LogP contribution in [0.1, 0.15) is 49.6 Å². The summed E-state index contributed by atoms with van der Waals surface area (Å²) in [5, 5.41) is 10.9. The number of hydrazine groups is 1. The van der Waals surface area contributed by atoms with Gasteiger partial charge in [0.25, 0.3) is 0 Å². The molecule has 33 heavy (non-hydrogen) atoms. The lowest BCUT2D eigenvalue weighted by molar-refractivity contribution is -0.119. The van der Waals surface area contributed by atoms with E-state index in [-0.39, 0.29) is 23.7 Å². The summed E-state index contributed by atoms with van der Waals surface area (Å²) < 4.78 is 30.9. The quantitative estimate of drug-likeness (QED) is 0.523. The van der Waals surface area contributed by atoms with Crippen molar-refractivity contribution in [2.45, 2.75) is 62.8 Å². The maximum atomic E-state index is 13.0. The van der Waals surface area contributed by atoms with Crippen LogP contribution in [0.5, 0.6) is 5.88 Å². The fraction of sp³-hybridized carbons (Fsp3) is 0.591. The van der Waals surface area contributed by atoms with E-state index < -0.39 is 12.7 Å². The number of rotatable bonds is 6. The van der Waals surface area contributed by atoms with Crippen LogP contribution in [0.4, 0.5) is 14.5 Å². The summed E-state index contributed by atoms with van der Waals surface area (Å²) in [5.74, 6) is 0.140. The predicted octanol–water partition coefficient (Wildman–Crippen LogP) is 2.17. The van der Waals surface area contributed by atoms with E-state index in [1.54, 1.807) is 0 Å². The van der Waals surface area contributed by atoms with Crippen molar-refractivity contribution in [3.8, 4) is 5.88 Å². The number of hydrogen-bond acceptors (Lipinski definition) is 7. The van der Waals surface area contributed by atoms with Gasteiger partial charge in [-0.05, 0) is 62.7 Å². The minimum absolute atomic E-state index is 0.139. The zero-order chi connectivity index (χ0) is 22.8. The Labute approximate surface area is 190 Å². The molecular formula is C22H29F2N7O2. The number of nitrogens with zero attached hydrogens (tertiary/aromatic N) is 3. The molecule has 0 aromatic carbocycles. The molecule has 2 saturated heterocycles. The number of carbonyl (C=O) groups excluding carboxylic acids is 1. The molecule has 178 valence electrons. The first-order valence-corrected chi connectivity index (χ1v) is 11.5. The Bertz CT molecular complexity index is 948. The number of aromatic nitrogens is 3. The number of alkyl halides is 2. The largest absolute Gasteiger partial charge is 0.417 e. The summed E-state index contributed by atoms with van der Waals surface area (Å²) in [6.07, 6.45) is 10.6. The summed E-state index contributed by atoms with van der Waals surface area (Å²) in [6.45, 7) is -0.883. The lowest BCUT2D eigenvalue weighted by atomic mass is 9.74. The van der Waals surface area contributed by atoms with Gasteiger partial charge in [-0.15, -0.1) is 0 Å². The number of hydrogen-bond donors (Lipinski definition) is 4. The summed E-state index contributed by atoms with van der Waals surface area (Å²) in [4.78, 5) is 16.8. The van der Waals surface area contributed by atoms with Gasteiger partial charge in [-0.3, -0.25) is 14.9 Å². The molecule has 1 saturated carbocycles. The van der Waals surface area contributed by atoms with Crippen LogP contribution >= 0.6 is 0 Å². The lowest BCUT2D eigenvalue weighted by Crippen LogP contribution is -2.42. The Morgan fingerprint density at radius 1 is 1.15 bits per heavy atom. The number of amides is 1. The molecule has 2 aliphatic heterocycles. The Balaban J connectivity index is 1.21. The fourth-order valence-electron chi connectivity index (χ4n) is 5.29. The van der Waals surface area contributed by atoms with Crippen molar-refractivity contribution >= 4 is 11.6 Å². The average Bonchev–Trinajstić information content (AvgIpc) is 3.48. The summed E-state index contributed by atoms with van der Waals surface area (Å²) in [5.41, 5.74) is 8.11. The minimum Gasteiger partial charge on any atom is -0.417 e. The molecule has 3 aliphatic rings. The maximum Gasteiger partial charge on any atom is 0.388 e. The van der Waals surface area contributed by atoms with Crippen molar-refractivity contribution in [1.82, 2.24) is 30.9 Å². The maximum absolute atomic E-state index is 13.0. The third-order valence-corrected chi connectivity index (χ3v) is 7.02. The van der Waals surface area contributed by atoms with Crippen molar-refractivity contribution in [2.75, 3.05) is 18.4 Å². The fourth-order valence-corrected chi connectivity index (χ4v) is 5.29. The Kier molecular flexibility index (Phi) is 6.52. The van der Waals surface area contributed by atoms with Gasteiger partial charge in [-0.2, -0.15) is 13.9 Å². The number of piperidine rings is 1. The summed E-state index contributed by atoms with van der Waals surface area (Å²) in [6, 6.07) is 3.10. The van der Waals surface area contributed by atoms with Gasteiger partial charge in [-0.25, -0.2) is 10.4 Å². The molecule has 1 aliphatic carbocycles. The molecule has 1 amide bonds. The molecule has 4 unspecified atom stereocenters. The highest BCUT2D eigenvalue weighted by Crippen LogP contribution is 2.40. The van der Waals surface area contributed by atoms with Crippen LogP contribution in [0.3, 0.4) is 0 Å². The summed E-state index contributed by atoms with van der Waals surface area (Å²) >= 11 is 0. The zero-order valence-electron chi connectivity index (χ0n) is 18.2. The standard InChI is InChI=1S/C22H29F2N7O2/c23-22(24)33-19-4-2-15(11-26-19)28-21(32)20-17-9-13(1-3-18(17)29-30-20)14-10-27-31(12-14)16-5-7-25-8-6-16/h2,4,10-13,16-18,20,22,25,29-30H,1,3,5-9H2,(H,28,32). The molecule has 0 bridgehead atoms. The zero-order valence-corrected chi connectivity index (χ0v) is 18.2. The third-order valence-electron chi connectivity index (χ3n) is 7.02. The molecule has 4 heterocycles. The van der Waals surface area contributed by atoms with Crippen LogP contribution in [-0.2, 0) is 4.79 Å². The van der Waals surface area contributed by atoms with Crippen LogP contribution in [0.2, 0.25) is 0 Å². The number of fused-ring (bicyclic) bond motifs is 1. The molecule has 2 aromatic rings. The smallest absolute Gasteiger partial charge is 0.388 e. The molecule has 4 atom stereocenters. The normalized spacial score (nSPS) is 28.0. The van der Waals surface area contributed by atoms with E-state index in [0.29, 0.717) is 17.6 Å². The summed E-state index contributed by atoms with van der Waals surface area (Å²) in [7, 11) is 0. The van der Waals surface area contributed by atoms with E-state index in [1.165, 1.54) is 23.9 Å². The van der Waals surface area contributed by atoms with Crippen LogP contribution < -0.4 is 26.2 Å². The van der Waals surface area contributed by atoms with E-state index in [9.17, 15) is 13.6 Å². The van der Waals surface area contributed by atoms with Gasteiger partial charge < -0.3 is 15.4 Å². The third kappa shape index (κ3) is 4.99. The van der Waals surface area contributed by atoms with Crippen LogP contribution in [0, 0.1) is 5.92 Å². The van der Waals surface area contributed by atoms with Crippen molar-refractivity contribution in [3.63, 3.8) is 0 Å². The Morgan fingerprint density at radius 3 is 2.76 bits per heavy atom. The van der Waals surface area contributed by atoms with E-state index in [0.717, 1.165) is 45.2 Å². The van der Waals surface area contributed by atoms with E-state index in [1.807, 2.05) is 6.20 Å². The molecule has 11 heteroatoms. The van der Waals surface area contributed by atoms with Crippen LogP contribution in [0.25, 0.3) is 0 Å². The van der Waals surface area contributed by atoms with Crippen LogP contribution in [0.15, 0.2) is 30.7 Å². The highest BCUT2D eigenvalue weighted by molar-refractivity contribution is 5.95. The first-order valence-electron chi connectivity index (χ1n) is 11.5. The van der Waals surface area contributed by atoms with Crippen molar-refractivity contribution in [2.24, 2.45) is 5.92 Å². The molecule has 4 N–H and O–H groups in total. The Morgan fingerprint density at radius 2 is 2.00 bits per heavy atom. The molecule has 0 radical (unpaired) electrons. The first kappa shape index (κ1) is 22.2. The van der Waals surface area contributed by atoms with Crippen molar-refractivity contribution in [1.29, 1.82) is 0 Å². The molecule has 9 nitrogen and oxygen atoms in total. The second-order valence-electron chi connectivity index (χ2n) is 9.03. The van der Waals surface area contributed by atoms with Gasteiger partial charge >= 0.3 is 6.61 Å². The number of anilines is 1. The van der Waals surface area contributed by atoms with Gasteiger partial charge in [-0.1, -0.05) is 0 Å². The van der Waals surface area contributed by atoms with Crippen LogP contribution in [-0.4, -0.2) is 52.5 Å². The minimum atomic E-state index is -2.94. The number of pyridine rings is 1. The predicted molar refractivity (Wildman–Crippen MR) is 117 cm³/mol. The number of ether oxygens (including phenoxy) is 1. The molecular weight excluding hydrogens is 432 g/mol. The van der Waals surface area contributed by atoms with Gasteiger partial charge in [0.05, 0.1) is 24.1 Å². The Hall–Kier alpha value is -2.63. The lowest BCUT2D eigenvalue weighted by Gasteiger charge is -2.32. The highest BCUT2D eigenvalue weighted by atomic mass is 19.3. The van der Waals surface area contributed by atoms with Gasteiger partial charge in [0, 0.05) is 24.2 Å². The highest BCUT2D eigenvalue weighted by Gasteiger charge is 2.44. The molecule has 0 spiro atoms. The second-order valence-corrected chi connectivity index (χ2v) is 9.03. The van der Waals surface area contributed by atoms with Gasteiger partial charge in [0.1, 0.15) is 6.04 Å². The van der Waals surface area contributed by atoms with Crippen molar-refractivity contribution in [3.05, 3.63) is 36.3 Å². The average molecular weight is 462 g/mol. The molecule has 2 aromatic heterocycles. The number of nitrogens with one attached hydrogen (secondary N) is 4. The number of halogens is 2. The van der Waals surface area contributed by atoms with Crippen molar-refractivity contribution < 1.29 is 18.3 Å². The van der Waals surface area contributed by atoms with E-state index in [4.69, 9.17) is 0 Å².